The molecule has 3 heterocycles. The lowest BCUT2D eigenvalue weighted by molar-refractivity contribution is 0.0707. The van der Waals surface area contributed by atoms with Gasteiger partial charge in [0, 0.05) is 38.3 Å². The highest BCUT2D eigenvalue weighted by Crippen LogP contribution is 2.43. The van der Waals surface area contributed by atoms with Crippen LogP contribution in [0.15, 0.2) is 30.3 Å². The molecule has 2 aliphatic heterocycles. The summed E-state index contributed by atoms with van der Waals surface area (Å²) in [4.78, 5) is 14.9. The number of amides is 1. The zero-order valence-electron chi connectivity index (χ0n) is 13.9. The maximum atomic E-state index is 13.7. The third kappa shape index (κ3) is 2.41. The summed E-state index contributed by atoms with van der Waals surface area (Å²) in [7, 11) is 1.83. The molecule has 2 fully saturated rings. The molecule has 0 saturated carbocycles. The molecule has 4 rings (SSSR count). The predicted octanol–water partition coefficient (Wildman–Crippen LogP) is 1.90. The van der Waals surface area contributed by atoms with Crippen molar-refractivity contribution < 1.29 is 9.18 Å². The Morgan fingerprint density at radius 3 is 2.88 bits per heavy atom. The number of carbonyl (C=O) groups is 1. The number of rotatable bonds is 2. The highest BCUT2D eigenvalue weighted by molar-refractivity contribution is 5.93. The van der Waals surface area contributed by atoms with E-state index < -0.39 is 0 Å². The van der Waals surface area contributed by atoms with Gasteiger partial charge in [-0.15, -0.1) is 0 Å². The van der Waals surface area contributed by atoms with Gasteiger partial charge >= 0.3 is 0 Å². The summed E-state index contributed by atoms with van der Waals surface area (Å²) in [6.45, 7) is 4.38. The van der Waals surface area contributed by atoms with Gasteiger partial charge in [-0.1, -0.05) is 12.1 Å². The Morgan fingerprint density at radius 2 is 2.17 bits per heavy atom. The van der Waals surface area contributed by atoms with E-state index in [-0.39, 0.29) is 17.8 Å². The van der Waals surface area contributed by atoms with Crippen LogP contribution >= 0.6 is 0 Å². The molecule has 1 aromatic heterocycles. The summed E-state index contributed by atoms with van der Waals surface area (Å²) in [5, 5.41) is 7.73. The Balaban J connectivity index is 1.71. The molecule has 0 bridgehead atoms. The molecular weight excluding hydrogens is 307 g/mol. The number of hydrogen-bond acceptors (Lipinski definition) is 3. The maximum absolute atomic E-state index is 13.7. The van der Waals surface area contributed by atoms with Gasteiger partial charge in [0.2, 0.25) is 0 Å². The monoisotopic (exact) mass is 328 g/mol. The summed E-state index contributed by atoms with van der Waals surface area (Å²) >= 11 is 0. The van der Waals surface area contributed by atoms with Gasteiger partial charge in [0.05, 0.1) is 6.04 Å². The van der Waals surface area contributed by atoms with Crippen LogP contribution in [0.3, 0.4) is 0 Å². The summed E-state index contributed by atoms with van der Waals surface area (Å²) < 4.78 is 15.4. The molecule has 1 amide bonds. The summed E-state index contributed by atoms with van der Waals surface area (Å²) in [5.74, 6) is 0.401. The first-order valence-electron chi connectivity index (χ1n) is 8.32. The molecule has 0 spiro atoms. The van der Waals surface area contributed by atoms with Gasteiger partial charge in [-0.05, 0) is 36.6 Å². The Morgan fingerprint density at radius 1 is 1.33 bits per heavy atom. The van der Waals surface area contributed by atoms with Crippen molar-refractivity contribution in [2.45, 2.75) is 13.0 Å². The lowest BCUT2D eigenvalue weighted by Gasteiger charge is -2.28. The molecule has 5 nitrogen and oxygen atoms in total. The number of hydrogen-bond donors (Lipinski definition) is 1. The Hall–Kier alpha value is -2.21. The summed E-state index contributed by atoms with van der Waals surface area (Å²) in [6.07, 6.45) is 0. The second-order valence-electron chi connectivity index (χ2n) is 6.83. The van der Waals surface area contributed by atoms with Crippen LogP contribution < -0.4 is 5.32 Å². The fourth-order valence-corrected chi connectivity index (χ4v) is 4.06. The van der Waals surface area contributed by atoms with Crippen molar-refractivity contribution in [1.82, 2.24) is 20.0 Å². The van der Waals surface area contributed by atoms with Crippen molar-refractivity contribution in [3.63, 3.8) is 0 Å². The minimum absolute atomic E-state index is 0.0673. The van der Waals surface area contributed by atoms with Crippen LogP contribution in [0.25, 0.3) is 0 Å². The van der Waals surface area contributed by atoms with Crippen molar-refractivity contribution >= 4 is 5.91 Å². The number of aryl methyl sites for hydroxylation is 2. The van der Waals surface area contributed by atoms with E-state index in [0.29, 0.717) is 24.1 Å². The first-order valence-corrected chi connectivity index (χ1v) is 8.32. The van der Waals surface area contributed by atoms with Crippen LogP contribution in [-0.4, -0.2) is 40.2 Å². The van der Waals surface area contributed by atoms with Crippen molar-refractivity contribution in [3.05, 3.63) is 53.1 Å². The molecule has 0 radical (unpaired) electrons. The van der Waals surface area contributed by atoms with Crippen molar-refractivity contribution in [2.24, 2.45) is 18.9 Å². The minimum Gasteiger partial charge on any atom is -0.330 e. The number of nitrogens with zero attached hydrogens (tertiary/aromatic N) is 3. The van der Waals surface area contributed by atoms with Crippen LogP contribution in [-0.2, 0) is 7.05 Å². The predicted molar refractivity (Wildman–Crippen MR) is 88.0 cm³/mol. The number of benzene rings is 1. The van der Waals surface area contributed by atoms with Gasteiger partial charge < -0.3 is 10.2 Å². The molecule has 0 unspecified atom stereocenters. The van der Waals surface area contributed by atoms with E-state index in [1.54, 1.807) is 16.8 Å². The molecule has 126 valence electrons. The van der Waals surface area contributed by atoms with Crippen LogP contribution in [0.1, 0.15) is 27.8 Å². The highest BCUT2D eigenvalue weighted by Gasteiger charge is 2.47. The van der Waals surface area contributed by atoms with Gasteiger partial charge in [-0.2, -0.15) is 5.10 Å². The standard InChI is InChI=1S/C18H21FN4O/c1-11-6-16(21-22(11)2)18(24)23-10-13-8-20-9-15(13)17(23)12-4-3-5-14(19)7-12/h3-7,13,15,17,20H,8-10H2,1-2H3/t13-,15-,17+/m0/s1. The molecular formula is C18H21FN4O. The minimum atomic E-state index is -0.261. The van der Waals surface area contributed by atoms with Gasteiger partial charge in [-0.25, -0.2) is 4.39 Å². The van der Waals surface area contributed by atoms with Crippen LogP contribution in [0, 0.1) is 24.6 Å². The molecule has 2 saturated heterocycles. The molecule has 2 aromatic rings. The molecule has 1 aromatic carbocycles. The Bertz CT molecular complexity index is 768. The van der Waals surface area contributed by atoms with Crippen molar-refractivity contribution in [3.8, 4) is 0 Å². The molecule has 24 heavy (non-hydrogen) atoms. The number of likely N-dealkylation sites (tertiary alicyclic amines) is 1. The lowest BCUT2D eigenvalue weighted by atomic mass is 9.89. The first-order chi connectivity index (χ1) is 11.5. The average molecular weight is 328 g/mol. The fourth-order valence-electron chi connectivity index (χ4n) is 4.06. The van der Waals surface area contributed by atoms with Gasteiger partial charge in [0.1, 0.15) is 5.82 Å². The lowest BCUT2D eigenvalue weighted by Crippen LogP contribution is -2.35. The second-order valence-corrected chi connectivity index (χ2v) is 6.83. The third-order valence-corrected chi connectivity index (χ3v) is 5.35. The van der Waals surface area contributed by atoms with E-state index in [1.807, 2.05) is 31.0 Å². The number of carbonyl (C=O) groups excluding carboxylic acids is 1. The normalized spacial score (nSPS) is 26.0. The Kier molecular flexibility index (Phi) is 3.64. The van der Waals surface area contributed by atoms with E-state index in [9.17, 15) is 9.18 Å². The topological polar surface area (TPSA) is 50.2 Å². The van der Waals surface area contributed by atoms with Crippen molar-refractivity contribution in [2.75, 3.05) is 19.6 Å². The van der Waals surface area contributed by atoms with Gasteiger partial charge in [0.15, 0.2) is 5.69 Å². The molecule has 0 aliphatic carbocycles. The third-order valence-electron chi connectivity index (χ3n) is 5.35. The van der Waals surface area contributed by atoms with E-state index in [1.165, 1.54) is 6.07 Å². The second kappa shape index (κ2) is 5.70. The van der Waals surface area contributed by atoms with E-state index >= 15 is 0 Å². The molecule has 3 atom stereocenters. The van der Waals surface area contributed by atoms with Crippen LogP contribution in [0.4, 0.5) is 4.39 Å². The van der Waals surface area contributed by atoms with Gasteiger partial charge in [-0.3, -0.25) is 9.48 Å². The van der Waals surface area contributed by atoms with Crippen LogP contribution in [0.2, 0.25) is 0 Å². The molecule has 6 heteroatoms. The van der Waals surface area contributed by atoms with Crippen LogP contribution in [0.5, 0.6) is 0 Å². The van der Waals surface area contributed by atoms with E-state index in [4.69, 9.17) is 0 Å². The zero-order chi connectivity index (χ0) is 16.8. The maximum Gasteiger partial charge on any atom is 0.274 e. The number of nitrogens with one attached hydrogen (secondary N) is 1. The van der Waals surface area contributed by atoms with Crippen molar-refractivity contribution in [1.29, 1.82) is 0 Å². The first kappa shape index (κ1) is 15.3. The van der Waals surface area contributed by atoms with E-state index in [0.717, 1.165) is 24.3 Å². The quantitative estimate of drug-likeness (QED) is 0.916. The molecule has 2 aliphatic rings. The van der Waals surface area contributed by atoms with E-state index in [2.05, 4.69) is 10.4 Å². The van der Waals surface area contributed by atoms with Gasteiger partial charge in [0.25, 0.3) is 5.91 Å². The smallest absolute Gasteiger partial charge is 0.274 e. The SMILES string of the molecule is Cc1cc(C(=O)N2C[C@@H]3CNC[C@@H]3[C@H]2c2cccc(F)c2)nn1C. The average Bonchev–Trinajstić information content (AvgIpc) is 3.21. The summed E-state index contributed by atoms with van der Waals surface area (Å²) in [5.41, 5.74) is 2.28. The molecule has 1 N–H and O–H groups in total. The number of fused-ring (bicyclic) bond motifs is 1. The fraction of sp³-hybridized carbons (Fsp3) is 0.444. The zero-order valence-corrected chi connectivity index (χ0v) is 13.9. The largest absolute Gasteiger partial charge is 0.330 e. The highest BCUT2D eigenvalue weighted by atomic mass is 19.1. The number of halogens is 1. The Labute approximate surface area is 140 Å². The summed E-state index contributed by atoms with van der Waals surface area (Å²) in [6, 6.07) is 8.34. The number of aromatic nitrogens is 2.